The summed E-state index contributed by atoms with van der Waals surface area (Å²) in [4.78, 5) is 35.6. The number of anilines is 1. The maximum atomic E-state index is 14.0. The number of hydrogen-bond donors (Lipinski definition) is 3. The number of halogens is 2. The maximum absolute atomic E-state index is 14.0. The molecule has 0 radical (unpaired) electrons. The van der Waals surface area contributed by atoms with Crippen molar-refractivity contribution in [1.82, 2.24) is 5.32 Å². The lowest BCUT2D eigenvalue weighted by molar-refractivity contribution is -0.138. The highest BCUT2D eigenvalue weighted by molar-refractivity contribution is 5.95. The summed E-state index contributed by atoms with van der Waals surface area (Å²) in [6, 6.07) is 17.3. The fourth-order valence-corrected chi connectivity index (χ4v) is 4.96. The van der Waals surface area contributed by atoms with E-state index in [1.165, 1.54) is 48.0 Å². The van der Waals surface area contributed by atoms with Gasteiger partial charge in [0, 0.05) is 30.6 Å². The van der Waals surface area contributed by atoms with Gasteiger partial charge in [0.1, 0.15) is 11.6 Å². The van der Waals surface area contributed by atoms with Crippen molar-refractivity contribution in [3.05, 3.63) is 89.5 Å². The van der Waals surface area contributed by atoms with Gasteiger partial charge >= 0.3 is 5.97 Å². The monoisotopic (exact) mass is 520 g/mol. The normalized spacial score (nSPS) is 17.0. The van der Waals surface area contributed by atoms with Crippen LogP contribution >= 0.6 is 0 Å². The first-order valence-electron chi connectivity index (χ1n) is 12.7. The zero-order valence-corrected chi connectivity index (χ0v) is 20.9. The summed E-state index contributed by atoms with van der Waals surface area (Å²) < 4.78 is 27.9. The summed E-state index contributed by atoms with van der Waals surface area (Å²) in [5.74, 6) is -2.06. The molecule has 0 unspecified atom stereocenters. The standard InChI is InChI=1S/C30H30F2N2O4/c31-25-2-1-3-26(32)29(25)22-8-10-23(11-9-22)30(38)33-17-16-27(35)34-24-14-12-21(13-15-24)20-6-4-19(5-7-20)18-28(36)37/h1-3,8-15,19-20H,4-7,16-18H2,(H,33,38)(H,34,35)(H,36,37). The second kappa shape index (κ2) is 12.4. The van der Waals surface area contributed by atoms with Crippen molar-refractivity contribution < 1.29 is 28.3 Å². The van der Waals surface area contributed by atoms with E-state index in [1.807, 2.05) is 24.3 Å². The Labute approximate surface area is 220 Å². The molecule has 38 heavy (non-hydrogen) atoms. The highest BCUT2D eigenvalue weighted by atomic mass is 19.1. The van der Waals surface area contributed by atoms with Crippen LogP contribution in [0, 0.1) is 17.6 Å². The number of amides is 2. The number of carbonyl (C=O) groups excluding carboxylic acids is 2. The molecule has 1 fully saturated rings. The minimum atomic E-state index is -0.735. The minimum Gasteiger partial charge on any atom is -0.481 e. The van der Waals surface area contributed by atoms with Gasteiger partial charge in [-0.05, 0) is 85.0 Å². The molecular weight excluding hydrogens is 490 g/mol. The maximum Gasteiger partial charge on any atom is 0.303 e. The molecule has 0 spiro atoms. The van der Waals surface area contributed by atoms with Gasteiger partial charge in [-0.2, -0.15) is 0 Å². The van der Waals surface area contributed by atoms with E-state index in [0.29, 0.717) is 22.7 Å². The molecule has 1 saturated carbocycles. The first-order valence-corrected chi connectivity index (χ1v) is 12.7. The summed E-state index contributed by atoms with van der Waals surface area (Å²) >= 11 is 0. The van der Waals surface area contributed by atoms with Crippen LogP contribution in [0.2, 0.25) is 0 Å². The van der Waals surface area contributed by atoms with Gasteiger partial charge in [-0.15, -0.1) is 0 Å². The third kappa shape index (κ3) is 7.03. The van der Waals surface area contributed by atoms with Crippen LogP contribution in [0.5, 0.6) is 0 Å². The third-order valence-corrected chi connectivity index (χ3v) is 7.01. The average Bonchev–Trinajstić information content (AvgIpc) is 2.89. The number of carboxylic acid groups (broad SMARTS) is 1. The molecule has 3 aromatic rings. The fourth-order valence-electron chi connectivity index (χ4n) is 4.96. The molecule has 3 N–H and O–H groups in total. The van der Waals surface area contributed by atoms with Gasteiger partial charge in [-0.1, -0.05) is 30.3 Å². The molecule has 0 heterocycles. The zero-order chi connectivity index (χ0) is 27.1. The van der Waals surface area contributed by atoms with Crippen molar-refractivity contribution in [3.8, 4) is 11.1 Å². The minimum absolute atomic E-state index is 0.0829. The molecule has 4 rings (SSSR count). The van der Waals surface area contributed by atoms with E-state index in [2.05, 4.69) is 10.6 Å². The summed E-state index contributed by atoms with van der Waals surface area (Å²) in [6.45, 7) is 0.131. The van der Waals surface area contributed by atoms with Crippen molar-refractivity contribution in [2.45, 2.75) is 44.4 Å². The van der Waals surface area contributed by atoms with Crippen molar-refractivity contribution in [3.63, 3.8) is 0 Å². The van der Waals surface area contributed by atoms with E-state index >= 15 is 0 Å². The molecule has 1 aliphatic carbocycles. The van der Waals surface area contributed by atoms with Crippen molar-refractivity contribution in [2.75, 3.05) is 11.9 Å². The topological polar surface area (TPSA) is 95.5 Å². The largest absolute Gasteiger partial charge is 0.481 e. The van der Waals surface area contributed by atoms with E-state index < -0.39 is 17.6 Å². The number of carbonyl (C=O) groups is 3. The lowest BCUT2D eigenvalue weighted by atomic mass is 9.77. The molecule has 3 aromatic carbocycles. The second-order valence-corrected chi connectivity index (χ2v) is 9.67. The van der Waals surface area contributed by atoms with Gasteiger partial charge in [0.25, 0.3) is 5.91 Å². The van der Waals surface area contributed by atoms with Crippen LogP contribution in [0.1, 0.15) is 60.4 Å². The average molecular weight is 521 g/mol. The fraction of sp³-hybridized carbons (Fsp3) is 0.300. The van der Waals surface area contributed by atoms with Crippen LogP contribution < -0.4 is 10.6 Å². The SMILES string of the molecule is O=C(O)CC1CCC(c2ccc(NC(=O)CCNC(=O)c3ccc(-c4c(F)cccc4F)cc3)cc2)CC1. The number of hydrogen-bond acceptors (Lipinski definition) is 3. The molecule has 0 aromatic heterocycles. The van der Waals surface area contributed by atoms with Gasteiger partial charge < -0.3 is 15.7 Å². The van der Waals surface area contributed by atoms with Gasteiger partial charge in [0.2, 0.25) is 5.91 Å². The number of aliphatic carboxylic acids is 1. The Balaban J connectivity index is 1.21. The predicted molar refractivity (Wildman–Crippen MR) is 141 cm³/mol. The Bertz CT molecular complexity index is 1260. The quantitative estimate of drug-likeness (QED) is 0.316. The van der Waals surface area contributed by atoms with Gasteiger partial charge in [-0.25, -0.2) is 8.78 Å². The number of nitrogens with one attached hydrogen (secondary N) is 2. The Hall–Kier alpha value is -4.07. The number of benzene rings is 3. The summed E-state index contributed by atoms with van der Waals surface area (Å²) in [5.41, 5.74) is 2.35. The Kier molecular flexibility index (Phi) is 8.84. The van der Waals surface area contributed by atoms with Crippen LogP contribution in [0.25, 0.3) is 11.1 Å². The van der Waals surface area contributed by atoms with Crippen molar-refractivity contribution in [1.29, 1.82) is 0 Å². The molecule has 8 heteroatoms. The Morgan fingerprint density at radius 2 is 1.47 bits per heavy atom. The van der Waals surface area contributed by atoms with Crippen LogP contribution in [-0.4, -0.2) is 29.4 Å². The Morgan fingerprint density at radius 1 is 0.842 bits per heavy atom. The summed E-state index contributed by atoms with van der Waals surface area (Å²) in [5, 5.41) is 14.5. The smallest absolute Gasteiger partial charge is 0.303 e. The van der Waals surface area contributed by atoms with Crippen LogP contribution in [-0.2, 0) is 9.59 Å². The molecule has 0 atom stereocenters. The van der Waals surface area contributed by atoms with E-state index in [1.54, 1.807) is 0 Å². The molecule has 6 nitrogen and oxygen atoms in total. The molecule has 2 amide bonds. The third-order valence-electron chi connectivity index (χ3n) is 7.01. The summed E-state index contributed by atoms with van der Waals surface area (Å²) in [7, 11) is 0. The van der Waals surface area contributed by atoms with Gasteiger partial charge in [0.15, 0.2) is 0 Å². The lowest BCUT2D eigenvalue weighted by Gasteiger charge is -2.28. The second-order valence-electron chi connectivity index (χ2n) is 9.67. The van der Waals surface area contributed by atoms with Crippen LogP contribution in [0.4, 0.5) is 14.5 Å². The summed E-state index contributed by atoms with van der Waals surface area (Å²) in [6.07, 6.45) is 4.07. The zero-order valence-electron chi connectivity index (χ0n) is 20.9. The highest BCUT2D eigenvalue weighted by Crippen LogP contribution is 2.37. The van der Waals surface area contributed by atoms with E-state index in [9.17, 15) is 23.2 Å². The molecule has 0 aliphatic heterocycles. The first-order chi connectivity index (χ1) is 18.3. The first kappa shape index (κ1) is 27.0. The molecule has 1 aliphatic rings. The lowest BCUT2D eigenvalue weighted by Crippen LogP contribution is -2.27. The van der Waals surface area contributed by atoms with E-state index in [-0.39, 0.29) is 42.7 Å². The molecular formula is C30H30F2N2O4. The van der Waals surface area contributed by atoms with Crippen LogP contribution in [0.3, 0.4) is 0 Å². The number of carboxylic acids is 1. The van der Waals surface area contributed by atoms with E-state index in [4.69, 9.17) is 5.11 Å². The number of rotatable bonds is 9. The van der Waals surface area contributed by atoms with Crippen molar-refractivity contribution >= 4 is 23.5 Å². The van der Waals surface area contributed by atoms with Crippen molar-refractivity contribution in [2.24, 2.45) is 5.92 Å². The molecule has 0 bridgehead atoms. The predicted octanol–water partition coefficient (Wildman–Crippen LogP) is 6.14. The molecule has 198 valence electrons. The van der Waals surface area contributed by atoms with Gasteiger partial charge in [0.05, 0.1) is 5.56 Å². The van der Waals surface area contributed by atoms with Crippen LogP contribution in [0.15, 0.2) is 66.7 Å². The molecule has 0 saturated heterocycles. The van der Waals surface area contributed by atoms with E-state index in [0.717, 1.165) is 25.7 Å². The van der Waals surface area contributed by atoms with Gasteiger partial charge in [-0.3, -0.25) is 14.4 Å². The highest BCUT2D eigenvalue weighted by Gasteiger charge is 2.24. The Morgan fingerprint density at radius 3 is 2.08 bits per heavy atom.